The molecule has 0 aliphatic carbocycles. The molecule has 0 unspecified atom stereocenters. The van der Waals surface area contributed by atoms with Gasteiger partial charge in [0.1, 0.15) is 18.1 Å². The molecule has 7 N–H and O–H groups in total. The number of hydrogen-bond acceptors (Lipinski definition) is 8. The normalized spacial score (nSPS) is 14.5. The van der Waals surface area contributed by atoms with E-state index in [0.29, 0.717) is 12.8 Å². The molecule has 0 saturated heterocycles. The summed E-state index contributed by atoms with van der Waals surface area (Å²) < 4.78 is 0. The van der Waals surface area contributed by atoms with Gasteiger partial charge in [0.15, 0.2) is 0 Å². The lowest BCUT2D eigenvalue weighted by atomic mass is 10.0. The first-order valence-corrected chi connectivity index (χ1v) is 13.6. The van der Waals surface area contributed by atoms with E-state index in [1.165, 1.54) is 0 Å². The quantitative estimate of drug-likeness (QED) is 0.106. The van der Waals surface area contributed by atoms with Gasteiger partial charge in [-0.2, -0.15) is 25.3 Å². The van der Waals surface area contributed by atoms with E-state index < -0.39 is 47.9 Å². The van der Waals surface area contributed by atoms with Crippen LogP contribution in [0.5, 0.6) is 0 Å². The number of para-hydroxylation sites is 1. The highest BCUT2D eigenvalue weighted by molar-refractivity contribution is 7.80. The monoisotopic (exact) mass is 566 g/mol. The van der Waals surface area contributed by atoms with Crippen molar-refractivity contribution in [3.05, 3.63) is 36.0 Å². The third-order valence-electron chi connectivity index (χ3n) is 6.04. The number of carbonyl (C=O) groups excluding carboxylic acids is 3. The van der Waals surface area contributed by atoms with Gasteiger partial charge in [0.05, 0.1) is 6.04 Å². The van der Waals surface area contributed by atoms with Crippen LogP contribution in [-0.2, 0) is 25.6 Å². The first-order valence-electron chi connectivity index (χ1n) is 12.4. The number of aliphatic carboxylic acids is 1. The summed E-state index contributed by atoms with van der Waals surface area (Å²) in [6.45, 7) is 0.810. The molecule has 38 heavy (non-hydrogen) atoms. The molecule has 0 aliphatic rings. The molecule has 1 aromatic carbocycles. The van der Waals surface area contributed by atoms with Crippen LogP contribution in [0.1, 0.15) is 24.8 Å². The number of benzene rings is 1. The van der Waals surface area contributed by atoms with Crippen LogP contribution in [0.25, 0.3) is 10.9 Å². The van der Waals surface area contributed by atoms with E-state index in [1.54, 1.807) is 6.20 Å². The van der Waals surface area contributed by atoms with Crippen LogP contribution in [-0.4, -0.2) is 95.0 Å². The van der Waals surface area contributed by atoms with E-state index in [1.807, 2.05) is 43.3 Å². The number of carboxylic acid groups (broad SMARTS) is 1. The predicted octanol–water partition coefficient (Wildman–Crippen LogP) is 0.168. The first-order chi connectivity index (χ1) is 18.1. The maximum atomic E-state index is 13.4. The number of amides is 3. The minimum Gasteiger partial charge on any atom is -0.480 e. The minimum absolute atomic E-state index is 0.0952. The lowest BCUT2D eigenvalue weighted by Crippen LogP contribution is -2.58. The summed E-state index contributed by atoms with van der Waals surface area (Å²) >= 11 is 8.06. The highest BCUT2D eigenvalue weighted by Crippen LogP contribution is 2.19. The second-order valence-electron chi connectivity index (χ2n) is 9.36. The smallest absolute Gasteiger partial charge is 0.327 e. The summed E-state index contributed by atoms with van der Waals surface area (Å²) in [5.74, 6) is -3.01. The molecule has 0 saturated carbocycles. The average molecular weight is 567 g/mol. The van der Waals surface area contributed by atoms with Gasteiger partial charge in [0, 0.05) is 35.0 Å². The van der Waals surface area contributed by atoms with Gasteiger partial charge in [-0.25, -0.2) is 4.79 Å². The second kappa shape index (κ2) is 15.6. The Kier molecular flexibility index (Phi) is 12.9. The van der Waals surface area contributed by atoms with Gasteiger partial charge in [0.25, 0.3) is 0 Å². The Hall–Kier alpha value is -2.74. The van der Waals surface area contributed by atoms with E-state index in [0.717, 1.165) is 29.4 Å². The Bertz CT molecular complexity index is 1100. The van der Waals surface area contributed by atoms with E-state index in [9.17, 15) is 24.3 Å². The average Bonchev–Trinajstić information content (AvgIpc) is 3.30. The maximum Gasteiger partial charge on any atom is 0.327 e. The molecular formula is C25H38N6O5S2. The van der Waals surface area contributed by atoms with Crippen LogP contribution in [0.3, 0.4) is 0 Å². The molecule has 13 heteroatoms. The van der Waals surface area contributed by atoms with Crippen molar-refractivity contribution in [2.45, 2.75) is 49.9 Å². The Morgan fingerprint density at radius 3 is 2.21 bits per heavy atom. The van der Waals surface area contributed by atoms with Crippen LogP contribution in [0.2, 0.25) is 0 Å². The van der Waals surface area contributed by atoms with Crippen LogP contribution in [0.4, 0.5) is 0 Å². The molecule has 0 spiro atoms. The largest absolute Gasteiger partial charge is 0.480 e. The molecule has 4 atom stereocenters. The van der Waals surface area contributed by atoms with Crippen LogP contribution in [0, 0.1) is 0 Å². The van der Waals surface area contributed by atoms with Crippen molar-refractivity contribution in [3.8, 4) is 0 Å². The molecule has 2 aromatic rings. The van der Waals surface area contributed by atoms with Crippen molar-refractivity contribution in [3.63, 3.8) is 0 Å². The number of rotatable bonds is 16. The van der Waals surface area contributed by atoms with Gasteiger partial charge in [-0.15, -0.1) is 0 Å². The fourth-order valence-corrected chi connectivity index (χ4v) is 4.28. The summed E-state index contributed by atoms with van der Waals surface area (Å²) in [4.78, 5) is 55.7. The summed E-state index contributed by atoms with van der Waals surface area (Å²) in [5, 5.41) is 18.1. The topological polar surface area (TPSA) is 170 Å². The number of aromatic nitrogens is 1. The SMILES string of the molecule is CN(C)CCCC[C@H](NC(=O)[C@@H](N)CS)C(=O)N[C@@H](Cc1c[nH]c2ccccc12)C(=O)N[C@@H](CS)C(=O)O. The second-order valence-corrected chi connectivity index (χ2v) is 10.1. The maximum absolute atomic E-state index is 13.4. The third-order valence-corrected chi connectivity index (χ3v) is 6.80. The van der Waals surface area contributed by atoms with Crippen LogP contribution >= 0.6 is 25.3 Å². The Morgan fingerprint density at radius 1 is 0.947 bits per heavy atom. The predicted molar refractivity (Wildman–Crippen MR) is 154 cm³/mol. The van der Waals surface area contributed by atoms with E-state index in [-0.39, 0.29) is 17.9 Å². The highest BCUT2D eigenvalue weighted by atomic mass is 32.1. The zero-order valence-electron chi connectivity index (χ0n) is 21.6. The van der Waals surface area contributed by atoms with Crippen molar-refractivity contribution in [2.24, 2.45) is 5.73 Å². The standard InChI is InChI=1S/C25H38N6O5S2/c1-31(2)10-6-5-9-19(28-22(32)17(26)13-37)23(33)29-20(24(34)30-21(14-38)25(35)36)11-15-12-27-18-8-4-3-7-16(15)18/h3-4,7-8,12,17,19-21,27,37-38H,5-6,9-11,13-14,26H2,1-2H3,(H,28,32)(H,29,33)(H,30,34)(H,35,36)/t17-,19-,20-,21-/m0/s1. The fourth-order valence-electron chi connectivity index (χ4n) is 3.87. The van der Waals surface area contributed by atoms with E-state index >= 15 is 0 Å². The van der Waals surface area contributed by atoms with Crippen molar-refractivity contribution < 1.29 is 24.3 Å². The molecule has 3 amide bonds. The number of unbranched alkanes of at least 4 members (excludes halogenated alkanes) is 1. The Balaban J connectivity index is 2.27. The fraction of sp³-hybridized carbons (Fsp3) is 0.520. The van der Waals surface area contributed by atoms with Gasteiger partial charge in [-0.05, 0) is 51.5 Å². The number of carbonyl (C=O) groups is 4. The van der Waals surface area contributed by atoms with Crippen LogP contribution in [0.15, 0.2) is 30.5 Å². The van der Waals surface area contributed by atoms with E-state index in [2.05, 4.69) is 46.2 Å². The molecule has 11 nitrogen and oxygen atoms in total. The molecule has 1 heterocycles. The van der Waals surface area contributed by atoms with Crippen molar-refractivity contribution in [1.29, 1.82) is 0 Å². The zero-order valence-corrected chi connectivity index (χ0v) is 23.4. The molecule has 0 bridgehead atoms. The molecule has 1 aromatic heterocycles. The number of hydrogen-bond donors (Lipinski definition) is 8. The number of thiol groups is 2. The number of nitrogens with zero attached hydrogens (tertiary/aromatic N) is 1. The van der Waals surface area contributed by atoms with Crippen molar-refractivity contribution in [1.82, 2.24) is 25.8 Å². The molecule has 2 rings (SSSR count). The molecule has 0 radical (unpaired) electrons. The van der Waals surface area contributed by atoms with Crippen molar-refractivity contribution >= 4 is 59.9 Å². The number of fused-ring (bicyclic) bond motifs is 1. The van der Waals surface area contributed by atoms with Crippen LogP contribution < -0.4 is 21.7 Å². The minimum atomic E-state index is -1.24. The van der Waals surface area contributed by atoms with Crippen molar-refractivity contribution in [2.75, 3.05) is 32.1 Å². The lowest BCUT2D eigenvalue weighted by Gasteiger charge is -2.25. The number of carboxylic acids is 1. The number of nitrogens with one attached hydrogen (secondary N) is 4. The molecule has 0 aliphatic heterocycles. The summed E-state index contributed by atoms with van der Waals surface area (Å²) in [6.07, 6.45) is 3.62. The molecule has 210 valence electrons. The third kappa shape index (κ3) is 9.53. The summed E-state index contributed by atoms with van der Waals surface area (Å²) in [5.41, 5.74) is 7.42. The van der Waals surface area contributed by atoms with E-state index in [4.69, 9.17) is 5.73 Å². The van der Waals surface area contributed by atoms with Gasteiger partial charge < -0.3 is 36.7 Å². The number of nitrogens with two attached hydrogens (primary N) is 1. The zero-order chi connectivity index (χ0) is 28.2. The summed E-state index contributed by atoms with van der Waals surface area (Å²) in [6, 6.07) is 3.33. The van der Waals surface area contributed by atoms with Gasteiger partial charge in [-0.3, -0.25) is 14.4 Å². The van der Waals surface area contributed by atoms with Gasteiger partial charge >= 0.3 is 5.97 Å². The molecule has 0 fully saturated rings. The Labute approximate surface area is 233 Å². The lowest BCUT2D eigenvalue weighted by molar-refractivity contribution is -0.141. The number of H-pyrrole nitrogens is 1. The number of aromatic amines is 1. The highest BCUT2D eigenvalue weighted by Gasteiger charge is 2.30. The Morgan fingerprint density at radius 2 is 1.58 bits per heavy atom. The van der Waals surface area contributed by atoms with Gasteiger partial charge in [-0.1, -0.05) is 18.2 Å². The molecular weight excluding hydrogens is 528 g/mol. The van der Waals surface area contributed by atoms with Gasteiger partial charge in [0.2, 0.25) is 17.7 Å². The summed E-state index contributed by atoms with van der Waals surface area (Å²) in [7, 11) is 3.89. The first kappa shape index (κ1) is 31.5.